The number of rotatable bonds is 6. The molecule has 2 fully saturated rings. The van der Waals surface area contributed by atoms with Crippen LogP contribution in [0.1, 0.15) is 13.3 Å². The van der Waals surface area contributed by atoms with E-state index in [0.29, 0.717) is 36.7 Å². The van der Waals surface area contributed by atoms with E-state index in [-0.39, 0.29) is 23.8 Å². The standard InChI is InChI=1S/C23H25ClN4O5S/c1-16(22(29)26-10-12-33-13-11-26)27-8-6-21(23(27)30)28(9-7-25)34(31,32)20-5-3-17-14-19(24)4-2-18(17)15-20/h2-5,14-16,21H,6,8-13H2,1H3/t16-,21?/m0/s1. The van der Waals surface area contributed by atoms with Crippen LogP contribution in [0.15, 0.2) is 41.3 Å². The van der Waals surface area contributed by atoms with Crippen LogP contribution in [0.2, 0.25) is 5.02 Å². The van der Waals surface area contributed by atoms with Gasteiger partial charge >= 0.3 is 0 Å². The number of carbonyl (C=O) groups excluding carboxylic acids is 2. The van der Waals surface area contributed by atoms with Crippen LogP contribution in [0.4, 0.5) is 0 Å². The first-order valence-corrected chi connectivity index (χ1v) is 12.8. The van der Waals surface area contributed by atoms with Crippen LogP contribution in [-0.4, -0.2) is 85.8 Å². The summed E-state index contributed by atoms with van der Waals surface area (Å²) in [5, 5.41) is 11.3. The van der Waals surface area contributed by atoms with Crippen molar-refractivity contribution in [3.05, 3.63) is 41.4 Å². The lowest BCUT2D eigenvalue weighted by molar-refractivity contribution is -0.146. The number of benzene rings is 2. The summed E-state index contributed by atoms with van der Waals surface area (Å²) in [7, 11) is -4.15. The van der Waals surface area contributed by atoms with E-state index < -0.39 is 34.6 Å². The topological polar surface area (TPSA) is 111 Å². The highest BCUT2D eigenvalue weighted by Gasteiger charge is 2.45. The van der Waals surface area contributed by atoms with E-state index in [0.717, 1.165) is 9.69 Å². The Kier molecular flexibility index (Phi) is 7.09. The molecule has 9 nitrogen and oxygen atoms in total. The molecule has 0 saturated carbocycles. The molecule has 2 heterocycles. The predicted molar refractivity (Wildman–Crippen MR) is 125 cm³/mol. The molecule has 0 spiro atoms. The van der Waals surface area contributed by atoms with Gasteiger partial charge in [0.1, 0.15) is 18.6 Å². The second-order valence-electron chi connectivity index (χ2n) is 8.31. The molecular weight excluding hydrogens is 480 g/mol. The monoisotopic (exact) mass is 504 g/mol. The van der Waals surface area contributed by atoms with Gasteiger partial charge in [-0.2, -0.15) is 9.57 Å². The fourth-order valence-corrected chi connectivity index (χ4v) is 6.17. The third-order valence-electron chi connectivity index (χ3n) is 6.31. The Morgan fingerprint density at radius 1 is 1.21 bits per heavy atom. The summed E-state index contributed by atoms with van der Waals surface area (Å²) in [4.78, 5) is 29.2. The molecule has 11 heteroatoms. The smallest absolute Gasteiger partial charge is 0.245 e. The highest BCUT2D eigenvalue weighted by Crippen LogP contribution is 2.29. The number of nitriles is 1. The summed E-state index contributed by atoms with van der Waals surface area (Å²) < 4.78 is 33.2. The van der Waals surface area contributed by atoms with E-state index in [1.807, 2.05) is 6.07 Å². The Hall–Kier alpha value is -2.71. The van der Waals surface area contributed by atoms with Crippen molar-refractivity contribution in [2.24, 2.45) is 0 Å². The van der Waals surface area contributed by atoms with Crippen LogP contribution in [0, 0.1) is 11.3 Å². The van der Waals surface area contributed by atoms with Gasteiger partial charge in [0, 0.05) is 24.7 Å². The first kappa shape index (κ1) is 24.4. The molecule has 180 valence electrons. The van der Waals surface area contributed by atoms with Crippen LogP contribution in [0.3, 0.4) is 0 Å². The van der Waals surface area contributed by atoms with E-state index in [9.17, 15) is 23.3 Å². The van der Waals surface area contributed by atoms with Crippen LogP contribution < -0.4 is 0 Å². The van der Waals surface area contributed by atoms with E-state index >= 15 is 0 Å². The van der Waals surface area contributed by atoms with E-state index in [1.165, 1.54) is 17.0 Å². The van der Waals surface area contributed by atoms with Gasteiger partial charge in [0.05, 0.1) is 24.2 Å². The van der Waals surface area contributed by atoms with Gasteiger partial charge in [0.15, 0.2) is 0 Å². The second-order valence-corrected chi connectivity index (χ2v) is 10.6. The third-order valence-corrected chi connectivity index (χ3v) is 8.40. The maximum Gasteiger partial charge on any atom is 0.245 e. The van der Waals surface area contributed by atoms with Crippen LogP contribution in [0.5, 0.6) is 0 Å². The number of ether oxygens (including phenoxy) is 1. The van der Waals surface area contributed by atoms with Gasteiger partial charge in [-0.05, 0) is 48.4 Å². The second kappa shape index (κ2) is 9.88. The molecule has 4 rings (SSSR count). The SMILES string of the molecule is C[C@@H](C(=O)N1CCOCC1)N1CCC(N(CC#N)S(=O)(=O)c2ccc3cc(Cl)ccc3c2)C1=O. The fraction of sp³-hybridized carbons (Fsp3) is 0.435. The minimum Gasteiger partial charge on any atom is -0.378 e. The number of nitrogens with zero attached hydrogens (tertiary/aromatic N) is 4. The maximum absolute atomic E-state index is 13.5. The molecule has 2 atom stereocenters. The predicted octanol–water partition coefficient (Wildman–Crippen LogP) is 1.86. The van der Waals surface area contributed by atoms with Crippen LogP contribution in [0.25, 0.3) is 10.8 Å². The number of hydrogen-bond acceptors (Lipinski definition) is 6. The largest absolute Gasteiger partial charge is 0.378 e. The van der Waals surface area contributed by atoms with Crippen molar-refractivity contribution < 1.29 is 22.7 Å². The Labute approximate surface area is 203 Å². The lowest BCUT2D eigenvalue weighted by Crippen LogP contribution is -2.53. The fourth-order valence-electron chi connectivity index (χ4n) is 4.44. The molecule has 0 aromatic heterocycles. The number of halogens is 1. The minimum atomic E-state index is -4.15. The molecule has 2 aliphatic heterocycles. The van der Waals surface area contributed by atoms with Crippen LogP contribution in [-0.2, 0) is 24.3 Å². The summed E-state index contributed by atoms with van der Waals surface area (Å²) in [5.41, 5.74) is 0. The Balaban J connectivity index is 1.58. The number of morpholine rings is 1. The summed E-state index contributed by atoms with van der Waals surface area (Å²) in [6, 6.07) is 9.80. The summed E-state index contributed by atoms with van der Waals surface area (Å²) >= 11 is 6.02. The van der Waals surface area contributed by atoms with Gasteiger partial charge in [0.25, 0.3) is 0 Å². The zero-order chi connectivity index (χ0) is 24.5. The Morgan fingerprint density at radius 2 is 1.88 bits per heavy atom. The van der Waals surface area contributed by atoms with Crippen molar-refractivity contribution in [2.75, 3.05) is 39.4 Å². The highest BCUT2D eigenvalue weighted by atomic mass is 35.5. The van der Waals surface area contributed by atoms with Gasteiger partial charge in [-0.1, -0.05) is 23.7 Å². The average Bonchev–Trinajstić information content (AvgIpc) is 3.22. The number of sulfonamides is 1. The molecule has 2 aromatic rings. The molecule has 2 aliphatic rings. The zero-order valence-electron chi connectivity index (χ0n) is 18.7. The molecule has 2 saturated heterocycles. The van der Waals surface area contributed by atoms with Gasteiger partial charge in [0.2, 0.25) is 21.8 Å². The quantitative estimate of drug-likeness (QED) is 0.555. The number of fused-ring (bicyclic) bond motifs is 1. The maximum atomic E-state index is 13.5. The first-order valence-electron chi connectivity index (χ1n) is 11.0. The van der Waals surface area contributed by atoms with Crippen molar-refractivity contribution in [3.63, 3.8) is 0 Å². The molecule has 1 unspecified atom stereocenters. The number of carbonyl (C=O) groups is 2. The van der Waals surface area contributed by atoms with Gasteiger partial charge in [-0.25, -0.2) is 8.42 Å². The first-order chi connectivity index (χ1) is 16.2. The third kappa shape index (κ3) is 4.61. The molecule has 2 aromatic carbocycles. The van der Waals surface area contributed by atoms with Crippen molar-refractivity contribution in [3.8, 4) is 6.07 Å². The van der Waals surface area contributed by atoms with Crippen molar-refractivity contribution in [1.82, 2.24) is 14.1 Å². The average molecular weight is 505 g/mol. The number of likely N-dealkylation sites (tertiary alicyclic amines) is 1. The summed E-state index contributed by atoms with van der Waals surface area (Å²) in [6.45, 7) is 3.21. The normalized spacial score (nSPS) is 20.1. The Morgan fingerprint density at radius 3 is 2.59 bits per heavy atom. The van der Waals surface area contributed by atoms with Gasteiger partial charge in [-0.15, -0.1) is 0 Å². The van der Waals surface area contributed by atoms with E-state index in [4.69, 9.17) is 16.3 Å². The molecule has 2 amide bonds. The van der Waals surface area contributed by atoms with E-state index in [1.54, 1.807) is 36.1 Å². The van der Waals surface area contributed by atoms with Crippen LogP contribution >= 0.6 is 11.6 Å². The van der Waals surface area contributed by atoms with E-state index in [2.05, 4.69) is 0 Å². The molecule has 0 N–H and O–H groups in total. The number of amides is 2. The Bertz CT molecular complexity index is 1260. The van der Waals surface area contributed by atoms with Crippen molar-refractivity contribution >= 4 is 44.2 Å². The highest BCUT2D eigenvalue weighted by molar-refractivity contribution is 7.89. The molecular formula is C23H25ClN4O5S. The molecule has 0 aliphatic carbocycles. The molecule has 0 bridgehead atoms. The lowest BCUT2D eigenvalue weighted by Gasteiger charge is -2.33. The minimum absolute atomic E-state index is 0.0127. The van der Waals surface area contributed by atoms with Gasteiger partial charge < -0.3 is 14.5 Å². The van der Waals surface area contributed by atoms with Crippen molar-refractivity contribution in [1.29, 1.82) is 5.26 Å². The molecule has 34 heavy (non-hydrogen) atoms. The van der Waals surface area contributed by atoms with Crippen molar-refractivity contribution in [2.45, 2.75) is 30.3 Å². The zero-order valence-corrected chi connectivity index (χ0v) is 20.3. The number of hydrogen-bond donors (Lipinski definition) is 0. The lowest BCUT2D eigenvalue weighted by atomic mass is 10.1. The molecule has 0 radical (unpaired) electrons. The summed E-state index contributed by atoms with van der Waals surface area (Å²) in [6.07, 6.45) is 0.198. The summed E-state index contributed by atoms with van der Waals surface area (Å²) in [5.74, 6) is -0.666. The van der Waals surface area contributed by atoms with Gasteiger partial charge in [-0.3, -0.25) is 9.59 Å².